The molecule has 0 saturated heterocycles. The van der Waals surface area contributed by atoms with Crippen molar-refractivity contribution in [2.24, 2.45) is 0 Å². The minimum atomic E-state index is 0.186. The Morgan fingerprint density at radius 1 is 1.38 bits per heavy atom. The van der Waals surface area contributed by atoms with Gasteiger partial charge in [-0.15, -0.1) is 11.3 Å². The lowest BCUT2D eigenvalue weighted by molar-refractivity contribution is 1.10. The van der Waals surface area contributed by atoms with Crippen molar-refractivity contribution in [1.82, 2.24) is 9.97 Å². The average Bonchev–Trinajstić information content (AvgIpc) is 2.59. The topological polar surface area (TPSA) is 89.8 Å². The van der Waals surface area contributed by atoms with Gasteiger partial charge in [-0.3, -0.25) is 0 Å². The third kappa shape index (κ3) is 2.40. The normalized spacial score (nSPS) is 10.3. The summed E-state index contributed by atoms with van der Waals surface area (Å²) < 4.78 is 0. The highest BCUT2D eigenvalue weighted by molar-refractivity contribution is 7.10. The molecule has 0 spiro atoms. The van der Waals surface area contributed by atoms with Crippen molar-refractivity contribution < 1.29 is 0 Å². The number of nitrogen functional groups attached to an aromatic ring is 2. The summed E-state index contributed by atoms with van der Waals surface area (Å²) in [7, 11) is 0. The average molecular weight is 235 g/mol. The van der Waals surface area contributed by atoms with Crippen LogP contribution in [0.5, 0.6) is 0 Å². The summed E-state index contributed by atoms with van der Waals surface area (Å²) in [5.41, 5.74) is 12.3. The summed E-state index contributed by atoms with van der Waals surface area (Å²) in [5, 5.41) is 5.23. The molecule has 0 radical (unpaired) electrons. The number of anilines is 3. The molecule has 0 unspecified atom stereocenters. The molecule has 6 heteroatoms. The Morgan fingerprint density at radius 2 is 2.19 bits per heavy atom. The molecule has 5 N–H and O–H groups in total. The molecule has 0 aliphatic rings. The Balaban J connectivity index is 2.07. The Hall–Kier alpha value is -1.82. The van der Waals surface area contributed by atoms with Gasteiger partial charge in [-0.05, 0) is 23.9 Å². The zero-order valence-electron chi connectivity index (χ0n) is 8.90. The Bertz CT molecular complexity index is 473. The van der Waals surface area contributed by atoms with E-state index >= 15 is 0 Å². The van der Waals surface area contributed by atoms with Crippen LogP contribution in [0.15, 0.2) is 17.5 Å². The van der Waals surface area contributed by atoms with E-state index in [4.69, 9.17) is 11.5 Å². The van der Waals surface area contributed by atoms with Crippen LogP contribution in [0.25, 0.3) is 0 Å². The van der Waals surface area contributed by atoms with Crippen LogP contribution < -0.4 is 16.8 Å². The van der Waals surface area contributed by atoms with Gasteiger partial charge in [0.2, 0.25) is 5.95 Å². The Morgan fingerprint density at radius 3 is 2.81 bits per heavy atom. The van der Waals surface area contributed by atoms with Gasteiger partial charge in [0.05, 0.1) is 6.54 Å². The summed E-state index contributed by atoms with van der Waals surface area (Å²) in [5.74, 6) is 1.21. The number of aromatic nitrogens is 2. The van der Waals surface area contributed by atoms with Crippen LogP contribution >= 0.6 is 11.3 Å². The van der Waals surface area contributed by atoms with E-state index < -0.39 is 0 Å². The van der Waals surface area contributed by atoms with Gasteiger partial charge in [-0.25, -0.2) is 0 Å². The highest BCUT2D eigenvalue weighted by Crippen LogP contribution is 2.17. The molecule has 0 atom stereocenters. The van der Waals surface area contributed by atoms with Crippen molar-refractivity contribution in [3.8, 4) is 0 Å². The smallest absolute Gasteiger partial charge is 0.223 e. The zero-order valence-corrected chi connectivity index (χ0v) is 9.71. The molecule has 0 bridgehead atoms. The number of nitrogens with zero attached hydrogens (tertiary/aromatic N) is 2. The number of rotatable bonds is 3. The highest BCUT2D eigenvalue weighted by atomic mass is 32.1. The van der Waals surface area contributed by atoms with E-state index in [1.165, 1.54) is 10.4 Å². The van der Waals surface area contributed by atoms with Crippen LogP contribution in [-0.2, 0) is 6.54 Å². The molecule has 84 valence electrons. The SMILES string of the molecule is Cc1ccsc1CNc1cc(N)nc(N)n1. The van der Waals surface area contributed by atoms with Crippen molar-refractivity contribution >= 4 is 28.9 Å². The molecular formula is C10H13N5S. The van der Waals surface area contributed by atoms with Gasteiger partial charge in [-0.2, -0.15) is 9.97 Å². The maximum Gasteiger partial charge on any atom is 0.223 e. The number of hydrogen-bond donors (Lipinski definition) is 3. The van der Waals surface area contributed by atoms with Gasteiger partial charge in [0.15, 0.2) is 0 Å². The molecule has 2 aromatic rings. The Labute approximate surface area is 97.5 Å². The number of aryl methyl sites for hydroxylation is 1. The van der Waals surface area contributed by atoms with Gasteiger partial charge in [-0.1, -0.05) is 0 Å². The lowest BCUT2D eigenvalue weighted by Gasteiger charge is -2.06. The van der Waals surface area contributed by atoms with Crippen molar-refractivity contribution in [3.63, 3.8) is 0 Å². The van der Waals surface area contributed by atoms with Gasteiger partial charge in [0.25, 0.3) is 0 Å². The summed E-state index contributed by atoms with van der Waals surface area (Å²) in [4.78, 5) is 9.12. The molecule has 0 fully saturated rings. The molecule has 0 amide bonds. The standard InChI is InChI=1S/C10H13N5S/c1-6-2-3-16-7(6)5-13-9-4-8(11)14-10(12)15-9/h2-4H,5H2,1H3,(H5,11,12,13,14,15). The largest absolute Gasteiger partial charge is 0.383 e. The molecule has 0 aliphatic carbocycles. The van der Waals surface area contributed by atoms with Crippen LogP contribution in [0, 0.1) is 6.92 Å². The van der Waals surface area contributed by atoms with Crippen molar-refractivity contribution in [2.75, 3.05) is 16.8 Å². The second kappa shape index (κ2) is 4.36. The first-order valence-electron chi connectivity index (χ1n) is 4.82. The minimum Gasteiger partial charge on any atom is -0.383 e. The van der Waals surface area contributed by atoms with Crippen LogP contribution in [0.2, 0.25) is 0 Å². The van der Waals surface area contributed by atoms with E-state index in [2.05, 4.69) is 33.7 Å². The molecule has 2 rings (SSSR count). The fourth-order valence-electron chi connectivity index (χ4n) is 1.33. The molecule has 2 heterocycles. The molecule has 0 aromatic carbocycles. The molecule has 0 saturated carbocycles. The Kier molecular flexibility index (Phi) is 2.91. The minimum absolute atomic E-state index is 0.186. The fourth-order valence-corrected chi connectivity index (χ4v) is 2.18. The maximum atomic E-state index is 5.57. The number of nitrogens with one attached hydrogen (secondary N) is 1. The van der Waals surface area contributed by atoms with Crippen molar-refractivity contribution in [3.05, 3.63) is 28.0 Å². The van der Waals surface area contributed by atoms with Gasteiger partial charge < -0.3 is 16.8 Å². The van der Waals surface area contributed by atoms with E-state index in [0.717, 1.165) is 6.54 Å². The van der Waals surface area contributed by atoms with E-state index in [9.17, 15) is 0 Å². The molecule has 0 aliphatic heterocycles. The maximum absolute atomic E-state index is 5.57. The third-order valence-corrected chi connectivity index (χ3v) is 3.18. The van der Waals surface area contributed by atoms with E-state index in [0.29, 0.717) is 11.6 Å². The lowest BCUT2D eigenvalue weighted by atomic mass is 10.3. The van der Waals surface area contributed by atoms with Gasteiger partial charge >= 0.3 is 0 Å². The molecule has 5 nitrogen and oxygen atoms in total. The van der Waals surface area contributed by atoms with Gasteiger partial charge in [0.1, 0.15) is 11.6 Å². The lowest BCUT2D eigenvalue weighted by Crippen LogP contribution is -2.05. The summed E-state index contributed by atoms with van der Waals surface area (Å²) in [6, 6.07) is 3.75. The van der Waals surface area contributed by atoms with Crippen LogP contribution in [0.3, 0.4) is 0 Å². The second-order valence-corrected chi connectivity index (χ2v) is 4.42. The highest BCUT2D eigenvalue weighted by Gasteiger charge is 2.02. The number of nitrogens with two attached hydrogens (primary N) is 2. The van der Waals surface area contributed by atoms with E-state index in [1.807, 2.05) is 0 Å². The van der Waals surface area contributed by atoms with Crippen molar-refractivity contribution in [2.45, 2.75) is 13.5 Å². The fraction of sp³-hybridized carbons (Fsp3) is 0.200. The molecule has 16 heavy (non-hydrogen) atoms. The number of hydrogen-bond acceptors (Lipinski definition) is 6. The first-order valence-corrected chi connectivity index (χ1v) is 5.70. The number of thiophene rings is 1. The first kappa shape index (κ1) is 10.7. The van der Waals surface area contributed by atoms with E-state index in [1.54, 1.807) is 17.4 Å². The third-order valence-electron chi connectivity index (χ3n) is 2.16. The molecule has 2 aromatic heterocycles. The second-order valence-electron chi connectivity index (χ2n) is 3.42. The quantitative estimate of drug-likeness (QED) is 0.752. The summed E-state index contributed by atoms with van der Waals surface area (Å²) >= 11 is 1.71. The van der Waals surface area contributed by atoms with Crippen molar-refractivity contribution in [1.29, 1.82) is 0 Å². The summed E-state index contributed by atoms with van der Waals surface area (Å²) in [6.45, 7) is 2.80. The van der Waals surface area contributed by atoms with Crippen LogP contribution in [0.1, 0.15) is 10.4 Å². The van der Waals surface area contributed by atoms with E-state index in [-0.39, 0.29) is 5.95 Å². The van der Waals surface area contributed by atoms with Gasteiger partial charge in [0, 0.05) is 10.9 Å². The predicted molar refractivity (Wildman–Crippen MR) is 67.2 cm³/mol. The van der Waals surface area contributed by atoms with Crippen LogP contribution in [0.4, 0.5) is 17.6 Å². The summed E-state index contributed by atoms with van der Waals surface area (Å²) in [6.07, 6.45) is 0. The first-order chi connectivity index (χ1) is 7.65. The molecular weight excluding hydrogens is 222 g/mol. The zero-order chi connectivity index (χ0) is 11.5. The van der Waals surface area contributed by atoms with Crippen LogP contribution in [-0.4, -0.2) is 9.97 Å². The predicted octanol–water partition coefficient (Wildman–Crippen LogP) is 1.62. The monoisotopic (exact) mass is 235 g/mol.